The summed E-state index contributed by atoms with van der Waals surface area (Å²) < 4.78 is 23.7. The van der Waals surface area contributed by atoms with Gasteiger partial charge in [-0.1, -0.05) is 12.1 Å². The molecule has 5 rings (SSSR count). The molecule has 4 nitrogen and oxygen atoms in total. The fraction of sp³-hybridized carbons (Fsp3) is 0.333. The minimum absolute atomic E-state index is 0.0282. The maximum atomic E-state index is 6.29. The van der Waals surface area contributed by atoms with Gasteiger partial charge in [-0.25, -0.2) is 0 Å². The smallest absolute Gasteiger partial charge is 0.138 e. The third-order valence-electron chi connectivity index (χ3n) is 5.14. The van der Waals surface area contributed by atoms with E-state index in [0.717, 1.165) is 34.1 Å². The molecule has 0 aliphatic carbocycles. The molecule has 0 aromatic heterocycles. The molecule has 2 aromatic carbocycles. The highest BCUT2D eigenvalue weighted by molar-refractivity contribution is 5.66. The van der Waals surface area contributed by atoms with Gasteiger partial charge in [0.25, 0.3) is 0 Å². The largest absolute Gasteiger partial charge is 0.497 e. The van der Waals surface area contributed by atoms with Gasteiger partial charge in [0.05, 0.1) is 19.6 Å². The Labute approximate surface area is 147 Å². The number of ether oxygens (including phenoxy) is 4. The quantitative estimate of drug-likeness (QED) is 0.769. The number of hydrogen-bond acceptors (Lipinski definition) is 4. The van der Waals surface area contributed by atoms with E-state index in [9.17, 15) is 0 Å². The van der Waals surface area contributed by atoms with E-state index < -0.39 is 0 Å². The Morgan fingerprint density at radius 3 is 2.76 bits per heavy atom. The van der Waals surface area contributed by atoms with Crippen LogP contribution in [0.1, 0.15) is 42.6 Å². The molecule has 0 saturated carbocycles. The van der Waals surface area contributed by atoms with Crippen molar-refractivity contribution in [2.24, 2.45) is 0 Å². The van der Waals surface area contributed by atoms with Crippen LogP contribution in [0.4, 0.5) is 0 Å². The Bertz CT molecular complexity index is 897. The van der Waals surface area contributed by atoms with E-state index >= 15 is 0 Å². The summed E-state index contributed by atoms with van der Waals surface area (Å²) in [4.78, 5) is 0. The number of rotatable bonds is 1. The summed E-state index contributed by atoms with van der Waals surface area (Å²) in [5, 5.41) is 0. The third-order valence-corrected chi connectivity index (χ3v) is 5.14. The SMILES string of the molecule is COc1ccc2c(c1)O[C@H]1c3cc4c(cc3OC[C@@H]21)OC(C)(C)C=C4. The first-order valence-electron chi connectivity index (χ1n) is 8.58. The van der Waals surface area contributed by atoms with Gasteiger partial charge in [0.2, 0.25) is 0 Å². The van der Waals surface area contributed by atoms with E-state index in [-0.39, 0.29) is 17.6 Å². The van der Waals surface area contributed by atoms with Crippen molar-refractivity contribution < 1.29 is 18.9 Å². The van der Waals surface area contributed by atoms with Gasteiger partial charge in [-0.05, 0) is 32.1 Å². The van der Waals surface area contributed by atoms with Crippen LogP contribution in [0.2, 0.25) is 0 Å². The molecule has 3 aliphatic rings. The van der Waals surface area contributed by atoms with E-state index in [1.165, 1.54) is 5.56 Å². The predicted octanol–water partition coefficient (Wildman–Crippen LogP) is 4.49. The molecule has 25 heavy (non-hydrogen) atoms. The molecule has 0 saturated heterocycles. The third kappa shape index (κ3) is 2.20. The standard InChI is InChI=1S/C21H20O4/c1-21(2)7-6-12-8-15-18(10-17(12)25-21)23-11-16-14-5-4-13(22-3)9-19(14)24-20(15)16/h4-10,16,20H,11H2,1-3H3/t16-,20-/m0/s1. The van der Waals surface area contributed by atoms with Crippen LogP contribution in [0, 0.1) is 0 Å². The monoisotopic (exact) mass is 336 g/mol. The highest BCUT2D eigenvalue weighted by Gasteiger charge is 2.41. The first-order chi connectivity index (χ1) is 12.0. The Balaban J connectivity index is 1.56. The molecule has 3 aliphatic heterocycles. The first kappa shape index (κ1) is 14.7. The van der Waals surface area contributed by atoms with Crippen molar-refractivity contribution in [1.82, 2.24) is 0 Å². The molecule has 2 atom stereocenters. The minimum atomic E-state index is -0.297. The van der Waals surface area contributed by atoms with E-state index in [1.54, 1.807) is 7.11 Å². The summed E-state index contributed by atoms with van der Waals surface area (Å²) in [6.07, 6.45) is 4.17. The summed E-state index contributed by atoms with van der Waals surface area (Å²) in [6, 6.07) is 10.1. The summed E-state index contributed by atoms with van der Waals surface area (Å²) in [5.74, 6) is 3.61. The Morgan fingerprint density at radius 2 is 1.92 bits per heavy atom. The van der Waals surface area contributed by atoms with Crippen molar-refractivity contribution in [2.45, 2.75) is 31.5 Å². The van der Waals surface area contributed by atoms with E-state index in [4.69, 9.17) is 18.9 Å². The fourth-order valence-corrected chi connectivity index (χ4v) is 3.84. The molecule has 128 valence electrons. The molecule has 4 heteroatoms. The average Bonchev–Trinajstić information content (AvgIpc) is 2.97. The predicted molar refractivity (Wildman–Crippen MR) is 94.8 cm³/mol. The summed E-state index contributed by atoms with van der Waals surface area (Å²) >= 11 is 0. The highest BCUT2D eigenvalue weighted by Crippen LogP contribution is 2.53. The maximum Gasteiger partial charge on any atom is 0.138 e. The van der Waals surface area contributed by atoms with Crippen LogP contribution in [0.3, 0.4) is 0 Å². The lowest BCUT2D eigenvalue weighted by Gasteiger charge is -2.32. The van der Waals surface area contributed by atoms with Crippen LogP contribution in [-0.2, 0) is 0 Å². The zero-order chi connectivity index (χ0) is 17.2. The van der Waals surface area contributed by atoms with Gasteiger partial charge in [0.15, 0.2) is 0 Å². The molecule has 0 N–H and O–H groups in total. The minimum Gasteiger partial charge on any atom is -0.497 e. The van der Waals surface area contributed by atoms with Crippen molar-refractivity contribution >= 4 is 6.08 Å². The lowest BCUT2D eigenvalue weighted by molar-refractivity contribution is 0.135. The van der Waals surface area contributed by atoms with Crippen LogP contribution in [-0.4, -0.2) is 19.3 Å². The van der Waals surface area contributed by atoms with Gasteiger partial charge >= 0.3 is 0 Å². The molecule has 3 heterocycles. The Kier molecular flexibility index (Phi) is 2.91. The lowest BCUT2D eigenvalue weighted by atomic mass is 9.88. The molecular weight excluding hydrogens is 316 g/mol. The second-order valence-corrected chi connectivity index (χ2v) is 7.33. The van der Waals surface area contributed by atoms with E-state index in [1.807, 2.05) is 32.0 Å². The molecular formula is C21H20O4. The average molecular weight is 336 g/mol. The summed E-state index contributed by atoms with van der Waals surface area (Å²) in [6.45, 7) is 4.70. The molecule has 0 radical (unpaired) electrons. The first-order valence-corrected chi connectivity index (χ1v) is 8.58. The van der Waals surface area contributed by atoms with Crippen molar-refractivity contribution in [3.63, 3.8) is 0 Å². The Morgan fingerprint density at radius 1 is 1.04 bits per heavy atom. The van der Waals surface area contributed by atoms with Crippen LogP contribution in [0.5, 0.6) is 23.0 Å². The maximum absolute atomic E-state index is 6.29. The molecule has 0 unspecified atom stereocenters. The van der Waals surface area contributed by atoms with Crippen molar-refractivity contribution in [3.8, 4) is 23.0 Å². The van der Waals surface area contributed by atoms with Crippen molar-refractivity contribution in [1.29, 1.82) is 0 Å². The van der Waals surface area contributed by atoms with Crippen LogP contribution < -0.4 is 18.9 Å². The van der Waals surface area contributed by atoms with Gasteiger partial charge in [0, 0.05) is 28.8 Å². The van der Waals surface area contributed by atoms with E-state index in [0.29, 0.717) is 6.61 Å². The second-order valence-electron chi connectivity index (χ2n) is 7.33. The van der Waals surface area contributed by atoms with Gasteiger partial charge in [-0.15, -0.1) is 0 Å². The van der Waals surface area contributed by atoms with Gasteiger partial charge in [-0.2, -0.15) is 0 Å². The lowest BCUT2D eigenvalue weighted by Crippen LogP contribution is -2.28. The normalized spacial score (nSPS) is 24.0. The van der Waals surface area contributed by atoms with Crippen molar-refractivity contribution in [3.05, 3.63) is 53.1 Å². The highest BCUT2D eigenvalue weighted by atomic mass is 16.5. The van der Waals surface area contributed by atoms with Crippen LogP contribution >= 0.6 is 0 Å². The second kappa shape index (κ2) is 4.94. The number of fused-ring (bicyclic) bond motifs is 6. The number of methoxy groups -OCH3 is 1. The summed E-state index contributed by atoms with van der Waals surface area (Å²) in [7, 11) is 1.67. The molecule has 0 fully saturated rings. The molecule has 0 bridgehead atoms. The van der Waals surface area contributed by atoms with Gasteiger partial charge < -0.3 is 18.9 Å². The molecule has 2 aromatic rings. The summed E-state index contributed by atoms with van der Waals surface area (Å²) in [5.41, 5.74) is 3.04. The molecule has 0 spiro atoms. The topological polar surface area (TPSA) is 36.9 Å². The van der Waals surface area contributed by atoms with Gasteiger partial charge in [0.1, 0.15) is 34.7 Å². The van der Waals surface area contributed by atoms with Gasteiger partial charge in [-0.3, -0.25) is 0 Å². The van der Waals surface area contributed by atoms with Crippen LogP contribution in [0.15, 0.2) is 36.4 Å². The van der Waals surface area contributed by atoms with Crippen molar-refractivity contribution in [2.75, 3.05) is 13.7 Å². The zero-order valence-corrected chi connectivity index (χ0v) is 14.5. The fourth-order valence-electron chi connectivity index (χ4n) is 3.84. The number of benzene rings is 2. The Hall–Kier alpha value is -2.62. The number of hydrogen-bond donors (Lipinski definition) is 0. The van der Waals surface area contributed by atoms with E-state index in [2.05, 4.69) is 24.3 Å². The molecule has 0 amide bonds. The zero-order valence-electron chi connectivity index (χ0n) is 14.5. The van der Waals surface area contributed by atoms with Crippen LogP contribution in [0.25, 0.3) is 6.08 Å².